The highest BCUT2D eigenvalue weighted by molar-refractivity contribution is 5.91. The maximum Gasteiger partial charge on any atom is 0.306 e. The van der Waals surface area contributed by atoms with Crippen molar-refractivity contribution in [2.75, 3.05) is 6.54 Å². The van der Waals surface area contributed by atoms with Gasteiger partial charge in [-0.3, -0.25) is 9.59 Å². The van der Waals surface area contributed by atoms with Gasteiger partial charge in [0.05, 0.1) is 6.26 Å². The van der Waals surface area contributed by atoms with Crippen molar-refractivity contribution in [1.82, 2.24) is 5.32 Å². The third kappa shape index (κ3) is 5.05. The van der Waals surface area contributed by atoms with Gasteiger partial charge in [-0.25, -0.2) is 4.39 Å². The highest BCUT2D eigenvalue weighted by Gasteiger charge is 2.08. The lowest BCUT2D eigenvalue weighted by Gasteiger charge is -2.06. The molecule has 0 unspecified atom stereocenters. The lowest BCUT2D eigenvalue weighted by atomic mass is 10.2. The van der Waals surface area contributed by atoms with E-state index >= 15 is 0 Å². The van der Waals surface area contributed by atoms with Crippen LogP contribution >= 0.6 is 0 Å². The Hall–Kier alpha value is -2.63. The zero-order valence-electron chi connectivity index (χ0n) is 11.9. The molecule has 0 atom stereocenters. The first-order valence-electron chi connectivity index (χ1n) is 6.87. The van der Waals surface area contributed by atoms with Crippen LogP contribution in [0, 0.1) is 5.82 Å². The van der Waals surface area contributed by atoms with E-state index in [1.807, 2.05) is 0 Å². The number of carbonyl (C=O) groups is 2. The van der Waals surface area contributed by atoms with E-state index in [0.29, 0.717) is 18.5 Å². The van der Waals surface area contributed by atoms with E-state index in [1.165, 1.54) is 18.4 Å². The molecule has 1 N–H and O–H groups in total. The Bertz CT molecular complexity index is 625. The molecule has 2 aromatic rings. The molecule has 6 heteroatoms. The molecule has 1 amide bonds. The van der Waals surface area contributed by atoms with Crippen molar-refractivity contribution in [3.63, 3.8) is 0 Å². The molecular formula is C16H16FNO4. The first-order chi connectivity index (χ1) is 10.6. The van der Waals surface area contributed by atoms with Crippen molar-refractivity contribution in [3.05, 3.63) is 59.8 Å². The van der Waals surface area contributed by atoms with Crippen molar-refractivity contribution in [2.45, 2.75) is 19.4 Å². The molecule has 1 aromatic carbocycles. The third-order valence-electron chi connectivity index (χ3n) is 2.88. The number of ether oxygens (including phenoxy) is 1. The van der Waals surface area contributed by atoms with Gasteiger partial charge in [-0.15, -0.1) is 0 Å². The Morgan fingerprint density at radius 1 is 1.23 bits per heavy atom. The lowest BCUT2D eigenvalue weighted by Crippen LogP contribution is -2.24. The second-order valence-corrected chi connectivity index (χ2v) is 4.63. The number of amides is 1. The fourth-order valence-corrected chi connectivity index (χ4v) is 1.79. The van der Waals surface area contributed by atoms with Gasteiger partial charge in [0.1, 0.15) is 12.4 Å². The molecule has 0 radical (unpaired) electrons. The van der Waals surface area contributed by atoms with Gasteiger partial charge in [0.2, 0.25) is 0 Å². The first-order valence-corrected chi connectivity index (χ1v) is 6.87. The summed E-state index contributed by atoms with van der Waals surface area (Å²) < 4.78 is 22.9. The van der Waals surface area contributed by atoms with Gasteiger partial charge in [0.25, 0.3) is 5.91 Å². The lowest BCUT2D eigenvalue weighted by molar-refractivity contribution is -0.145. The predicted molar refractivity (Wildman–Crippen MR) is 76.5 cm³/mol. The standard InChI is InChI=1S/C16H16FNO4/c17-13-5-1-4-12(10-13)11-22-15(19)7-2-8-18-16(20)14-6-3-9-21-14/h1,3-6,9-10H,2,7-8,11H2,(H,18,20). The molecule has 0 fully saturated rings. The molecule has 1 heterocycles. The highest BCUT2D eigenvalue weighted by atomic mass is 19.1. The number of esters is 1. The molecule has 22 heavy (non-hydrogen) atoms. The number of nitrogens with one attached hydrogen (secondary N) is 1. The Morgan fingerprint density at radius 2 is 2.09 bits per heavy atom. The minimum atomic E-state index is -0.392. The summed E-state index contributed by atoms with van der Waals surface area (Å²) in [6.07, 6.45) is 2.04. The second-order valence-electron chi connectivity index (χ2n) is 4.63. The fourth-order valence-electron chi connectivity index (χ4n) is 1.79. The van der Waals surface area contributed by atoms with Crippen LogP contribution in [0.15, 0.2) is 47.1 Å². The average molecular weight is 305 g/mol. The van der Waals surface area contributed by atoms with Crippen LogP contribution in [0.1, 0.15) is 29.0 Å². The Kier molecular flexibility index (Phi) is 5.71. The van der Waals surface area contributed by atoms with Gasteiger partial charge >= 0.3 is 5.97 Å². The number of hydrogen-bond donors (Lipinski definition) is 1. The normalized spacial score (nSPS) is 10.2. The second kappa shape index (κ2) is 7.97. The zero-order chi connectivity index (χ0) is 15.8. The minimum Gasteiger partial charge on any atom is -0.461 e. The van der Waals surface area contributed by atoms with Crippen molar-refractivity contribution in [1.29, 1.82) is 0 Å². The predicted octanol–water partition coefficient (Wildman–Crippen LogP) is 2.67. The van der Waals surface area contributed by atoms with E-state index in [4.69, 9.17) is 9.15 Å². The van der Waals surface area contributed by atoms with E-state index in [0.717, 1.165) is 0 Å². The van der Waals surface area contributed by atoms with Gasteiger partial charge in [-0.2, -0.15) is 0 Å². The van der Waals surface area contributed by atoms with Crippen LogP contribution in [-0.2, 0) is 16.1 Å². The van der Waals surface area contributed by atoms with Crippen LogP contribution in [0.4, 0.5) is 4.39 Å². The molecule has 0 saturated heterocycles. The molecule has 5 nitrogen and oxygen atoms in total. The first kappa shape index (κ1) is 15.8. The molecule has 116 valence electrons. The summed E-state index contributed by atoms with van der Waals surface area (Å²) >= 11 is 0. The minimum absolute atomic E-state index is 0.0371. The molecule has 0 aliphatic carbocycles. The SMILES string of the molecule is O=C(CCCNC(=O)c1ccco1)OCc1cccc(F)c1. The summed E-state index contributed by atoms with van der Waals surface area (Å²) in [6, 6.07) is 9.06. The smallest absolute Gasteiger partial charge is 0.306 e. The number of benzene rings is 1. The van der Waals surface area contributed by atoms with Crippen LogP contribution in [0.3, 0.4) is 0 Å². The van der Waals surface area contributed by atoms with Crippen molar-refractivity contribution in [2.24, 2.45) is 0 Å². The summed E-state index contributed by atoms with van der Waals surface area (Å²) in [6.45, 7) is 0.379. The maximum absolute atomic E-state index is 12.9. The number of furan rings is 1. The summed E-state index contributed by atoms with van der Waals surface area (Å²) in [5, 5.41) is 2.63. The Labute approximate surface area is 127 Å². The van der Waals surface area contributed by atoms with E-state index < -0.39 is 5.97 Å². The van der Waals surface area contributed by atoms with E-state index in [2.05, 4.69) is 5.32 Å². The topological polar surface area (TPSA) is 68.5 Å². The Balaban J connectivity index is 1.61. The van der Waals surface area contributed by atoms with E-state index in [9.17, 15) is 14.0 Å². The Morgan fingerprint density at radius 3 is 2.82 bits per heavy atom. The van der Waals surface area contributed by atoms with Crippen molar-refractivity contribution < 1.29 is 23.1 Å². The van der Waals surface area contributed by atoms with Crippen molar-refractivity contribution in [3.8, 4) is 0 Å². The average Bonchev–Trinajstić information content (AvgIpc) is 3.04. The highest BCUT2D eigenvalue weighted by Crippen LogP contribution is 2.06. The van der Waals surface area contributed by atoms with Gasteiger partial charge < -0.3 is 14.5 Å². The zero-order valence-corrected chi connectivity index (χ0v) is 11.9. The summed E-state index contributed by atoms with van der Waals surface area (Å²) in [5.41, 5.74) is 0.597. The largest absolute Gasteiger partial charge is 0.461 e. The molecule has 2 rings (SSSR count). The quantitative estimate of drug-likeness (QED) is 0.631. The summed E-state index contributed by atoms with van der Waals surface area (Å²) in [7, 11) is 0. The molecule has 1 aromatic heterocycles. The van der Waals surface area contributed by atoms with Crippen molar-refractivity contribution >= 4 is 11.9 Å². The van der Waals surface area contributed by atoms with Crippen LogP contribution in [0.25, 0.3) is 0 Å². The van der Waals surface area contributed by atoms with Crippen LogP contribution < -0.4 is 5.32 Å². The van der Waals surface area contributed by atoms with Crippen LogP contribution in [0.2, 0.25) is 0 Å². The summed E-state index contributed by atoms with van der Waals surface area (Å²) in [5.74, 6) is -0.850. The van der Waals surface area contributed by atoms with Crippen LogP contribution in [0.5, 0.6) is 0 Å². The number of halogens is 1. The number of carbonyl (C=O) groups excluding carboxylic acids is 2. The maximum atomic E-state index is 12.9. The van der Waals surface area contributed by atoms with Crippen LogP contribution in [-0.4, -0.2) is 18.4 Å². The number of hydrogen-bond acceptors (Lipinski definition) is 4. The summed E-state index contributed by atoms with van der Waals surface area (Å²) in [4.78, 5) is 23.1. The molecule has 0 spiro atoms. The fraction of sp³-hybridized carbons (Fsp3) is 0.250. The molecule has 0 aliphatic rings. The number of rotatable bonds is 7. The van der Waals surface area contributed by atoms with Gasteiger partial charge in [-0.1, -0.05) is 12.1 Å². The third-order valence-corrected chi connectivity index (χ3v) is 2.88. The molecule has 0 aliphatic heterocycles. The van der Waals surface area contributed by atoms with Gasteiger partial charge in [0, 0.05) is 13.0 Å². The molecule has 0 saturated carbocycles. The van der Waals surface area contributed by atoms with Gasteiger partial charge in [-0.05, 0) is 36.2 Å². The monoisotopic (exact) mass is 305 g/mol. The van der Waals surface area contributed by atoms with E-state index in [-0.39, 0.29) is 30.5 Å². The van der Waals surface area contributed by atoms with E-state index in [1.54, 1.807) is 24.3 Å². The molecule has 0 bridgehead atoms. The molecular weight excluding hydrogens is 289 g/mol. The van der Waals surface area contributed by atoms with Gasteiger partial charge in [0.15, 0.2) is 5.76 Å².